The third-order valence-corrected chi connectivity index (χ3v) is 5.03. The minimum absolute atomic E-state index is 0.0676. The molecule has 0 radical (unpaired) electrons. The summed E-state index contributed by atoms with van der Waals surface area (Å²) >= 11 is 5.25. The number of hydrogen-bond acceptors (Lipinski definition) is 7. The second kappa shape index (κ2) is 14.6. The van der Waals surface area contributed by atoms with E-state index in [1.807, 2.05) is 13.0 Å². The Morgan fingerprint density at radius 3 is 2.35 bits per heavy atom. The molecule has 7 nitrogen and oxygen atoms in total. The monoisotopic (exact) mass is 530 g/mol. The standard InChI is InChI=1S/C20H21FN2O5S.C7H7F/c1-12(10-14-4-6-15(21)7-5-14)27-17(25)11-23-20(29)18-19(28-13(2)24)16(26-3)8-9-22-18;1-6-3-2-4-7(8)5-6/h4-9,12H,10-11H2,1-3H3,(H,23,29);2-5H,1H3. The summed E-state index contributed by atoms with van der Waals surface area (Å²) in [5.41, 5.74) is 1.98. The molecule has 3 aromatic rings. The lowest BCUT2D eigenvalue weighted by molar-refractivity contribution is -0.146. The van der Waals surface area contributed by atoms with Gasteiger partial charge in [-0.3, -0.25) is 9.59 Å². The molecular weight excluding hydrogens is 502 g/mol. The molecule has 2 aromatic carbocycles. The SMILES string of the molecule is COc1ccnc(C(=S)NCC(=O)OC(C)Cc2ccc(F)cc2)c1OC(C)=O.Cc1cccc(F)c1. The highest BCUT2D eigenvalue weighted by molar-refractivity contribution is 7.80. The molecule has 3 rings (SSSR count). The molecule has 0 saturated carbocycles. The summed E-state index contributed by atoms with van der Waals surface area (Å²) in [4.78, 5) is 27.6. The van der Waals surface area contributed by atoms with Gasteiger partial charge in [0.25, 0.3) is 0 Å². The fourth-order valence-corrected chi connectivity index (χ4v) is 3.31. The molecule has 1 aromatic heterocycles. The van der Waals surface area contributed by atoms with Gasteiger partial charge in [0.05, 0.1) is 7.11 Å². The number of pyridine rings is 1. The molecule has 0 aliphatic carbocycles. The van der Waals surface area contributed by atoms with Gasteiger partial charge >= 0.3 is 11.9 Å². The van der Waals surface area contributed by atoms with Crippen molar-refractivity contribution >= 4 is 29.1 Å². The Balaban J connectivity index is 0.000000510. The van der Waals surface area contributed by atoms with Crippen molar-refractivity contribution in [2.75, 3.05) is 13.7 Å². The van der Waals surface area contributed by atoms with Crippen LogP contribution in [0.5, 0.6) is 11.5 Å². The van der Waals surface area contributed by atoms with Crippen LogP contribution < -0.4 is 14.8 Å². The van der Waals surface area contributed by atoms with Crippen LogP contribution in [0, 0.1) is 18.6 Å². The van der Waals surface area contributed by atoms with Gasteiger partial charge in [0.1, 0.15) is 35.0 Å². The first-order valence-electron chi connectivity index (χ1n) is 11.2. The number of benzene rings is 2. The quantitative estimate of drug-likeness (QED) is 0.331. The molecule has 37 heavy (non-hydrogen) atoms. The normalized spacial score (nSPS) is 10.9. The molecule has 1 atom stereocenters. The van der Waals surface area contributed by atoms with Crippen LogP contribution in [0.1, 0.15) is 30.7 Å². The van der Waals surface area contributed by atoms with Crippen molar-refractivity contribution in [2.45, 2.75) is 33.3 Å². The molecule has 0 fully saturated rings. The lowest BCUT2D eigenvalue weighted by Crippen LogP contribution is -2.32. The van der Waals surface area contributed by atoms with Crippen LogP contribution in [-0.2, 0) is 20.7 Å². The van der Waals surface area contributed by atoms with Gasteiger partial charge < -0.3 is 19.5 Å². The van der Waals surface area contributed by atoms with E-state index in [0.717, 1.165) is 11.1 Å². The number of carbonyl (C=O) groups is 2. The Morgan fingerprint density at radius 2 is 1.78 bits per heavy atom. The largest absolute Gasteiger partial charge is 0.493 e. The third kappa shape index (κ3) is 10.3. The van der Waals surface area contributed by atoms with E-state index < -0.39 is 18.0 Å². The average Bonchev–Trinajstić information content (AvgIpc) is 2.84. The number of rotatable bonds is 8. The van der Waals surface area contributed by atoms with Crippen LogP contribution >= 0.6 is 12.2 Å². The Morgan fingerprint density at radius 1 is 1.08 bits per heavy atom. The molecule has 196 valence electrons. The Kier molecular flexibility index (Phi) is 11.6. The van der Waals surface area contributed by atoms with Gasteiger partial charge in [-0.05, 0) is 49.2 Å². The van der Waals surface area contributed by atoms with Crippen molar-refractivity contribution in [3.63, 3.8) is 0 Å². The van der Waals surface area contributed by atoms with Gasteiger partial charge in [-0.2, -0.15) is 0 Å². The second-order valence-corrected chi connectivity index (χ2v) is 8.31. The van der Waals surface area contributed by atoms with Gasteiger partial charge in [0.15, 0.2) is 5.75 Å². The molecule has 0 bridgehead atoms. The van der Waals surface area contributed by atoms with Crippen molar-refractivity contribution in [2.24, 2.45) is 0 Å². The van der Waals surface area contributed by atoms with E-state index in [2.05, 4.69) is 10.3 Å². The highest BCUT2D eigenvalue weighted by Crippen LogP contribution is 2.29. The predicted molar refractivity (Wildman–Crippen MR) is 139 cm³/mol. The fraction of sp³-hybridized carbons (Fsp3) is 0.259. The number of ether oxygens (including phenoxy) is 3. The van der Waals surface area contributed by atoms with E-state index in [0.29, 0.717) is 6.42 Å². The minimum Gasteiger partial charge on any atom is -0.493 e. The van der Waals surface area contributed by atoms with Crippen molar-refractivity contribution in [1.29, 1.82) is 0 Å². The number of methoxy groups -OCH3 is 1. The number of aromatic nitrogens is 1. The highest BCUT2D eigenvalue weighted by atomic mass is 32.1. The first kappa shape index (κ1) is 29.3. The third-order valence-electron chi connectivity index (χ3n) is 4.69. The van der Waals surface area contributed by atoms with Crippen LogP contribution in [0.3, 0.4) is 0 Å². The van der Waals surface area contributed by atoms with Crippen LogP contribution in [0.4, 0.5) is 8.78 Å². The zero-order chi connectivity index (χ0) is 27.4. The number of halogens is 2. The van der Waals surface area contributed by atoms with Gasteiger partial charge in [-0.1, -0.05) is 36.5 Å². The van der Waals surface area contributed by atoms with E-state index in [1.54, 1.807) is 25.1 Å². The number of esters is 2. The molecule has 0 aliphatic rings. The number of nitrogens with zero attached hydrogens (tertiary/aromatic N) is 1. The lowest BCUT2D eigenvalue weighted by atomic mass is 10.1. The number of carbonyl (C=O) groups excluding carboxylic acids is 2. The molecule has 1 unspecified atom stereocenters. The number of thiocarbonyl (C=S) groups is 1. The van der Waals surface area contributed by atoms with Gasteiger partial charge in [-0.15, -0.1) is 0 Å². The first-order chi connectivity index (χ1) is 17.6. The minimum atomic E-state index is -0.561. The van der Waals surface area contributed by atoms with Crippen molar-refractivity contribution in [3.8, 4) is 11.5 Å². The number of aryl methyl sites for hydroxylation is 1. The predicted octanol–water partition coefficient (Wildman–Crippen LogP) is 4.73. The molecule has 1 heterocycles. The lowest BCUT2D eigenvalue weighted by Gasteiger charge is -2.15. The topological polar surface area (TPSA) is 86.8 Å². The zero-order valence-electron chi connectivity index (χ0n) is 20.9. The van der Waals surface area contributed by atoms with Crippen molar-refractivity contribution in [3.05, 3.63) is 89.2 Å². The summed E-state index contributed by atoms with van der Waals surface area (Å²) in [6, 6.07) is 14.0. The van der Waals surface area contributed by atoms with Crippen molar-refractivity contribution < 1.29 is 32.6 Å². The van der Waals surface area contributed by atoms with Crippen LogP contribution in [0.25, 0.3) is 0 Å². The fourth-order valence-electron chi connectivity index (χ4n) is 3.10. The Bertz CT molecular complexity index is 1200. The summed E-state index contributed by atoms with van der Waals surface area (Å²) < 4.78 is 40.7. The molecule has 10 heteroatoms. The maximum atomic E-state index is 12.9. The van der Waals surface area contributed by atoms with E-state index in [-0.39, 0.29) is 40.4 Å². The molecule has 0 aliphatic heterocycles. The van der Waals surface area contributed by atoms with Crippen LogP contribution in [-0.4, -0.2) is 41.7 Å². The Labute approximate surface area is 219 Å². The van der Waals surface area contributed by atoms with Gasteiger partial charge in [0, 0.05) is 25.6 Å². The summed E-state index contributed by atoms with van der Waals surface area (Å²) in [5, 5.41) is 2.74. The molecule has 0 spiro atoms. The maximum absolute atomic E-state index is 12.9. The van der Waals surface area contributed by atoms with E-state index >= 15 is 0 Å². The first-order valence-corrected chi connectivity index (χ1v) is 11.7. The molecule has 0 saturated heterocycles. The van der Waals surface area contributed by atoms with Crippen LogP contribution in [0.15, 0.2) is 60.8 Å². The van der Waals surface area contributed by atoms with E-state index in [9.17, 15) is 18.4 Å². The molecular formula is C27H28F2N2O5S. The number of nitrogens with one attached hydrogen (secondary N) is 1. The van der Waals surface area contributed by atoms with Crippen molar-refractivity contribution in [1.82, 2.24) is 10.3 Å². The summed E-state index contributed by atoms with van der Waals surface area (Å²) in [6.07, 6.45) is 1.48. The van der Waals surface area contributed by atoms with Gasteiger partial charge in [-0.25, -0.2) is 13.8 Å². The van der Waals surface area contributed by atoms with Gasteiger partial charge in [0.2, 0.25) is 5.75 Å². The number of hydrogen-bond donors (Lipinski definition) is 1. The molecule has 0 amide bonds. The van der Waals surface area contributed by atoms with E-state index in [1.165, 1.54) is 50.6 Å². The summed E-state index contributed by atoms with van der Waals surface area (Å²) in [7, 11) is 1.42. The highest BCUT2D eigenvalue weighted by Gasteiger charge is 2.19. The Hall–Kier alpha value is -3.92. The summed E-state index contributed by atoms with van der Waals surface area (Å²) in [6.45, 7) is 4.64. The summed E-state index contributed by atoms with van der Waals surface area (Å²) in [5.74, 6) is -1.23. The van der Waals surface area contributed by atoms with Crippen LogP contribution in [0.2, 0.25) is 0 Å². The molecule has 1 N–H and O–H groups in total. The second-order valence-electron chi connectivity index (χ2n) is 7.90. The smallest absolute Gasteiger partial charge is 0.325 e. The zero-order valence-corrected chi connectivity index (χ0v) is 21.7. The maximum Gasteiger partial charge on any atom is 0.325 e. The van der Waals surface area contributed by atoms with E-state index in [4.69, 9.17) is 26.4 Å². The average molecular weight is 531 g/mol.